The average Bonchev–Trinajstić information content (AvgIpc) is 3.10. The van der Waals surface area contributed by atoms with Gasteiger partial charge in [0.25, 0.3) is 0 Å². The highest BCUT2D eigenvalue weighted by Crippen LogP contribution is 2.41. The first-order chi connectivity index (χ1) is 13.7. The van der Waals surface area contributed by atoms with Crippen LogP contribution in [-0.2, 0) is 12.8 Å². The van der Waals surface area contributed by atoms with Gasteiger partial charge in [0.15, 0.2) is 5.65 Å². The van der Waals surface area contributed by atoms with E-state index >= 15 is 0 Å². The van der Waals surface area contributed by atoms with Crippen molar-refractivity contribution < 1.29 is 14.2 Å². The van der Waals surface area contributed by atoms with E-state index in [2.05, 4.69) is 18.8 Å². The van der Waals surface area contributed by atoms with Gasteiger partial charge in [0.2, 0.25) is 0 Å². The molecule has 3 aromatic rings. The van der Waals surface area contributed by atoms with Gasteiger partial charge in [-0.15, -0.1) is 0 Å². The van der Waals surface area contributed by atoms with E-state index in [0.29, 0.717) is 17.2 Å². The van der Waals surface area contributed by atoms with Crippen molar-refractivity contribution in [2.75, 3.05) is 21.3 Å². The van der Waals surface area contributed by atoms with E-state index in [4.69, 9.17) is 19.3 Å². The van der Waals surface area contributed by atoms with Crippen molar-refractivity contribution in [2.24, 2.45) is 0 Å². The number of methoxy groups -OCH3 is 3. The fourth-order valence-electron chi connectivity index (χ4n) is 3.57. The van der Waals surface area contributed by atoms with Crippen LogP contribution in [0.3, 0.4) is 0 Å². The van der Waals surface area contributed by atoms with Crippen LogP contribution in [0.4, 0.5) is 0 Å². The monoisotopic (exact) mass is 383 g/mol. The summed E-state index contributed by atoms with van der Waals surface area (Å²) in [7, 11) is 4.92. The van der Waals surface area contributed by atoms with Crippen LogP contribution in [0.5, 0.6) is 17.2 Å². The summed E-state index contributed by atoms with van der Waals surface area (Å²) in [6.07, 6.45) is 7.25. The molecular formula is C22H29N3O3. The predicted molar refractivity (Wildman–Crippen MR) is 111 cm³/mol. The molecule has 0 saturated carbocycles. The van der Waals surface area contributed by atoms with Crippen molar-refractivity contribution in [3.63, 3.8) is 0 Å². The van der Waals surface area contributed by atoms with Crippen LogP contribution in [0, 0.1) is 0 Å². The van der Waals surface area contributed by atoms with Gasteiger partial charge in [0.05, 0.1) is 38.3 Å². The van der Waals surface area contributed by atoms with Crippen molar-refractivity contribution in [3.05, 3.63) is 35.7 Å². The van der Waals surface area contributed by atoms with Gasteiger partial charge < -0.3 is 14.2 Å². The van der Waals surface area contributed by atoms with E-state index in [0.717, 1.165) is 41.9 Å². The number of unbranched alkanes of at least 4 members (excludes halogenated alkanes) is 2. The molecular weight excluding hydrogens is 354 g/mol. The molecule has 0 radical (unpaired) electrons. The summed E-state index contributed by atoms with van der Waals surface area (Å²) < 4.78 is 18.6. The molecule has 0 unspecified atom stereocenters. The molecule has 0 bridgehead atoms. The number of aryl methyl sites for hydroxylation is 2. The van der Waals surface area contributed by atoms with E-state index in [1.54, 1.807) is 21.3 Å². The number of benzene rings is 1. The quantitative estimate of drug-likeness (QED) is 0.501. The summed E-state index contributed by atoms with van der Waals surface area (Å²) in [5.41, 5.74) is 4.97. The maximum Gasteiger partial charge on any atom is 0.159 e. The smallest absolute Gasteiger partial charge is 0.159 e. The fourth-order valence-corrected chi connectivity index (χ4v) is 3.57. The second kappa shape index (κ2) is 8.95. The van der Waals surface area contributed by atoms with Crippen molar-refractivity contribution in [1.82, 2.24) is 14.6 Å². The largest absolute Gasteiger partial charge is 0.496 e. The van der Waals surface area contributed by atoms with Gasteiger partial charge in [-0.1, -0.05) is 26.7 Å². The van der Waals surface area contributed by atoms with Gasteiger partial charge in [-0.3, -0.25) is 0 Å². The molecule has 0 aliphatic heterocycles. The third-order valence-electron chi connectivity index (χ3n) is 5.03. The highest BCUT2D eigenvalue weighted by Gasteiger charge is 2.21. The number of rotatable bonds is 9. The second-order valence-electron chi connectivity index (χ2n) is 6.71. The molecule has 0 atom stereocenters. The third-order valence-corrected chi connectivity index (χ3v) is 5.03. The Hall–Kier alpha value is -2.76. The minimum Gasteiger partial charge on any atom is -0.496 e. The van der Waals surface area contributed by atoms with E-state index in [-0.39, 0.29) is 0 Å². The number of hydrogen-bond donors (Lipinski definition) is 0. The Bertz CT molecular complexity index is 925. The number of hydrogen-bond acceptors (Lipinski definition) is 5. The minimum atomic E-state index is 0.671. The molecule has 28 heavy (non-hydrogen) atoms. The minimum absolute atomic E-state index is 0.671. The van der Waals surface area contributed by atoms with Crippen LogP contribution in [0.2, 0.25) is 0 Å². The molecule has 1 aromatic carbocycles. The van der Waals surface area contributed by atoms with Crippen LogP contribution < -0.4 is 14.2 Å². The highest BCUT2D eigenvalue weighted by atomic mass is 16.5. The number of nitrogens with zero attached hydrogens (tertiary/aromatic N) is 3. The molecule has 0 N–H and O–H groups in total. The van der Waals surface area contributed by atoms with Gasteiger partial charge in [-0.2, -0.15) is 5.10 Å². The Morgan fingerprint density at radius 2 is 1.68 bits per heavy atom. The van der Waals surface area contributed by atoms with Crippen LogP contribution in [0.15, 0.2) is 24.4 Å². The molecule has 150 valence electrons. The molecule has 3 rings (SSSR count). The van der Waals surface area contributed by atoms with Crippen molar-refractivity contribution >= 4 is 5.65 Å². The fraction of sp³-hybridized carbons (Fsp3) is 0.455. The standard InChI is InChI=1S/C22H29N3O3/c1-6-8-9-10-16-17(7-2)24-25-18(11-12-23-22(16)25)21-19(27-4)13-15(26-3)14-20(21)28-5/h11-14H,6-10H2,1-5H3. The van der Waals surface area contributed by atoms with Crippen molar-refractivity contribution in [3.8, 4) is 28.5 Å². The first-order valence-electron chi connectivity index (χ1n) is 9.84. The lowest BCUT2D eigenvalue weighted by Crippen LogP contribution is -2.01. The van der Waals surface area contributed by atoms with Crippen LogP contribution >= 0.6 is 0 Å². The lowest BCUT2D eigenvalue weighted by atomic mass is 10.1. The number of ether oxygens (including phenoxy) is 3. The molecule has 6 heteroatoms. The van der Waals surface area contributed by atoms with Gasteiger partial charge >= 0.3 is 0 Å². The third kappa shape index (κ3) is 3.63. The summed E-state index contributed by atoms with van der Waals surface area (Å²) in [5, 5.41) is 4.89. The molecule has 0 amide bonds. The highest BCUT2D eigenvalue weighted by molar-refractivity contribution is 5.77. The molecule has 6 nitrogen and oxygen atoms in total. The first kappa shape index (κ1) is 20.0. The molecule has 2 aromatic heterocycles. The van der Waals surface area contributed by atoms with E-state index in [9.17, 15) is 0 Å². The Balaban J connectivity index is 2.22. The van der Waals surface area contributed by atoms with Gasteiger partial charge in [0, 0.05) is 23.9 Å². The number of fused-ring (bicyclic) bond motifs is 1. The SMILES string of the molecule is CCCCCc1c(CC)nn2c(-c3c(OC)cc(OC)cc3OC)ccnc12. The summed E-state index contributed by atoms with van der Waals surface area (Å²) in [5.74, 6) is 2.02. The molecule has 0 aliphatic rings. The zero-order chi connectivity index (χ0) is 20.1. The van der Waals surface area contributed by atoms with Gasteiger partial charge in [-0.05, 0) is 25.3 Å². The first-order valence-corrected chi connectivity index (χ1v) is 9.84. The normalized spacial score (nSPS) is 11.0. The zero-order valence-electron chi connectivity index (χ0n) is 17.4. The predicted octanol–water partition coefficient (Wildman–Crippen LogP) is 4.72. The van der Waals surface area contributed by atoms with E-state index in [1.165, 1.54) is 18.4 Å². The summed E-state index contributed by atoms with van der Waals surface area (Å²) in [6, 6.07) is 5.66. The van der Waals surface area contributed by atoms with Crippen LogP contribution in [0.25, 0.3) is 16.9 Å². The number of aromatic nitrogens is 3. The molecule has 0 saturated heterocycles. The summed E-state index contributed by atoms with van der Waals surface area (Å²) in [4.78, 5) is 4.65. The summed E-state index contributed by atoms with van der Waals surface area (Å²) >= 11 is 0. The lowest BCUT2D eigenvalue weighted by molar-refractivity contribution is 0.377. The summed E-state index contributed by atoms with van der Waals surface area (Å²) in [6.45, 7) is 4.36. The average molecular weight is 383 g/mol. The Labute approximate surface area is 166 Å². The topological polar surface area (TPSA) is 57.9 Å². The Kier molecular flexibility index (Phi) is 6.39. The maximum absolute atomic E-state index is 5.65. The second-order valence-corrected chi connectivity index (χ2v) is 6.71. The van der Waals surface area contributed by atoms with E-state index in [1.807, 2.05) is 28.9 Å². The zero-order valence-corrected chi connectivity index (χ0v) is 17.4. The maximum atomic E-state index is 5.65. The van der Waals surface area contributed by atoms with Crippen LogP contribution in [-0.4, -0.2) is 35.9 Å². The molecule has 0 fully saturated rings. The Morgan fingerprint density at radius 3 is 2.25 bits per heavy atom. The Morgan fingerprint density at radius 1 is 0.964 bits per heavy atom. The van der Waals surface area contributed by atoms with Gasteiger partial charge in [-0.25, -0.2) is 9.50 Å². The van der Waals surface area contributed by atoms with Crippen molar-refractivity contribution in [1.29, 1.82) is 0 Å². The molecule has 0 aliphatic carbocycles. The molecule has 0 spiro atoms. The van der Waals surface area contributed by atoms with Gasteiger partial charge in [0.1, 0.15) is 17.2 Å². The van der Waals surface area contributed by atoms with E-state index < -0.39 is 0 Å². The van der Waals surface area contributed by atoms with Crippen molar-refractivity contribution in [2.45, 2.75) is 46.0 Å². The van der Waals surface area contributed by atoms with Crippen LogP contribution in [0.1, 0.15) is 44.4 Å². The molecule has 2 heterocycles. The lowest BCUT2D eigenvalue weighted by Gasteiger charge is -2.15.